The molecule has 3 rings (SSSR count). The lowest BCUT2D eigenvalue weighted by molar-refractivity contribution is 0.451. The number of nitrogens with one attached hydrogen (secondary N) is 2. The van der Waals surface area contributed by atoms with E-state index in [2.05, 4.69) is 39.2 Å². The molecule has 0 spiro atoms. The van der Waals surface area contributed by atoms with Gasteiger partial charge in [0.05, 0.1) is 6.54 Å². The van der Waals surface area contributed by atoms with Gasteiger partial charge in [-0.1, -0.05) is 31.9 Å². The van der Waals surface area contributed by atoms with Crippen LogP contribution in [0.5, 0.6) is 0 Å². The number of aliphatic imine (C=N–C) groups is 1. The number of halogens is 2. The Balaban J connectivity index is 0.00000300. The highest BCUT2D eigenvalue weighted by Gasteiger charge is 2.35. The highest BCUT2D eigenvalue weighted by molar-refractivity contribution is 14.0. The molecular weight excluding hydrogens is 482 g/mol. The van der Waals surface area contributed by atoms with Gasteiger partial charge in [-0.05, 0) is 37.5 Å². The molecule has 6 nitrogen and oxygen atoms in total. The maximum Gasteiger partial charge on any atom is 0.191 e. The molecule has 0 unspecified atom stereocenters. The second-order valence-corrected chi connectivity index (χ2v) is 7.41. The van der Waals surface area contributed by atoms with Crippen molar-refractivity contribution in [2.45, 2.75) is 57.9 Å². The molecule has 1 aromatic heterocycles. The minimum absolute atomic E-state index is 0. The van der Waals surface area contributed by atoms with Crippen molar-refractivity contribution in [3.63, 3.8) is 0 Å². The minimum Gasteiger partial charge on any atom is -0.357 e. The van der Waals surface area contributed by atoms with E-state index in [0.29, 0.717) is 6.54 Å². The Bertz CT molecular complexity index is 768. The number of benzene rings is 1. The van der Waals surface area contributed by atoms with Gasteiger partial charge in [0.15, 0.2) is 5.96 Å². The summed E-state index contributed by atoms with van der Waals surface area (Å²) >= 11 is 0. The number of guanidine groups is 1. The number of rotatable bonds is 8. The van der Waals surface area contributed by atoms with Crippen LogP contribution < -0.4 is 10.6 Å². The molecule has 1 heterocycles. The molecule has 2 N–H and O–H groups in total. The Morgan fingerprint density at radius 3 is 2.55 bits per heavy atom. The summed E-state index contributed by atoms with van der Waals surface area (Å²) in [5, 5.41) is 14.8. The first-order valence-corrected chi connectivity index (χ1v) is 10.3. The molecule has 1 saturated carbocycles. The molecule has 1 aromatic carbocycles. The van der Waals surface area contributed by atoms with E-state index < -0.39 is 0 Å². The van der Waals surface area contributed by atoms with E-state index in [0.717, 1.165) is 50.7 Å². The minimum atomic E-state index is -0.184. The molecule has 0 bridgehead atoms. The standard InChI is InChI=1S/C21H31FN6.HI/c1-3-19-27-26-16-28(19)14-13-24-20(23-4-2)25-15-21(11-5-6-12-21)17-7-9-18(22)10-8-17;/h7-10,16H,3-6,11-15H2,1-2H3,(H2,23,24,25);1H. The van der Waals surface area contributed by atoms with Crippen molar-refractivity contribution in [1.82, 2.24) is 25.4 Å². The van der Waals surface area contributed by atoms with Gasteiger partial charge < -0.3 is 15.2 Å². The Morgan fingerprint density at radius 2 is 1.90 bits per heavy atom. The van der Waals surface area contributed by atoms with Gasteiger partial charge in [-0.15, -0.1) is 34.2 Å². The van der Waals surface area contributed by atoms with Crippen molar-refractivity contribution in [3.8, 4) is 0 Å². The highest BCUT2D eigenvalue weighted by atomic mass is 127. The van der Waals surface area contributed by atoms with E-state index in [1.807, 2.05) is 12.1 Å². The van der Waals surface area contributed by atoms with Gasteiger partial charge >= 0.3 is 0 Å². The van der Waals surface area contributed by atoms with Crippen LogP contribution in [0, 0.1) is 5.82 Å². The first-order chi connectivity index (χ1) is 13.7. The Kier molecular flexibility index (Phi) is 9.32. The zero-order valence-electron chi connectivity index (χ0n) is 17.3. The van der Waals surface area contributed by atoms with Crippen LogP contribution in [0.1, 0.15) is 50.9 Å². The molecule has 0 aliphatic heterocycles. The van der Waals surface area contributed by atoms with Crippen molar-refractivity contribution in [3.05, 3.63) is 47.8 Å². The van der Waals surface area contributed by atoms with Gasteiger partial charge in [-0.25, -0.2) is 4.39 Å². The maximum absolute atomic E-state index is 13.4. The van der Waals surface area contributed by atoms with E-state index in [4.69, 9.17) is 4.99 Å². The highest BCUT2D eigenvalue weighted by Crippen LogP contribution is 2.41. The van der Waals surface area contributed by atoms with Crippen LogP contribution in [0.3, 0.4) is 0 Å². The molecule has 1 aliphatic rings. The first-order valence-electron chi connectivity index (χ1n) is 10.3. The lowest BCUT2D eigenvalue weighted by atomic mass is 9.79. The number of aromatic nitrogens is 3. The van der Waals surface area contributed by atoms with E-state index in [1.54, 1.807) is 18.5 Å². The third-order valence-electron chi connectivity index (χ3n) is 5.56. The zero-order valence-corrected chi connectivity index (χ0v) is 19.7. The van der Waals surface area contributed by atoms with Crippen molar-refractivity contribution >= 4 is 29.9 Å². The van der Waals surface area contributed by atoms with E-state index in [-0.39, 0.29) is 35.2 Å². The molecule has 160 valence electrons. The normalized spacial score (nSPS) is 15.8. The van der Waals surface area contributed by atoms with Crippen LogP contribution in [-0.4, -0.2) is 40.4 Å². The third-order valence-corrected chi connectivity index (χ3v) is 5.56. The first kappa shape index (κ1) is 23.6. The van der Waals surface area contributed by atoms with Gasteiger partial charge in [0.25, 0.3) is 0 Å². The van der Waals surface area contributed by atoms with Gasteiger partial charge in [-0.2, -0.15) is 0 Å². The van der Waals surface area contributed by atoms with Crippen LogP contribution in [0.4, 0.5) is 4.39 Å². The van der Waals surface area contributed by atoms with Gasteiger partial charge in [-0.3, -0.25) is 4.99 Å². The fraction of sp³-hybridized carbons (Fsp3) is 0.571. The fourth-order valence-electron chi connectivity index (χ4n) is 4.00. The van der Waals surface area contributed by atoms with Crippen molar-refractivity contribution in [2.75, 3.05) is 19.6 Å². The van der Waals surface area contributed by atoms with Crippen molar-refractivity contribution < 1.29 is 4.39 Å². The summed E-state index contributed by atoms with van der Waals surface area (Å²) in [4.78, 5) is 4.89. The average Bonchev–Trinajstić information content (AvgIpc) is 3.36. The smallest absolute Gasteiger partial charge is 0.191 e. The monoisotopic (exact) mass is 514 g/mol. The summed E-state index contributed by atoms with van der Waals surface area (Å²) in [5.41, 5.74) is 1.21. The Hall–Kier alpha value is -1.71. The fourth-order valence-corrected chi connectivity index (χ4v) is 4.00. The van der Waals surface area contributed by atoms with Crippen molar-refractivity contribution in [2.24, 2.45) is 4.99 Å². The lowest BCUT2D eigenvalue weighted by Gasteiger charge is -2.28. The molecule has 2 aromatic rings. The number of nitrogens with zero attached hydrogens (tertiary/aromatic N) is 4. The van der Waals surface area contributed by atoms with Crippen LogP contribution in [-0.2, 0) is 18.4 Å². The van der Waals surface area contributed by atoms with Crippen LogP contribution in [0.2, 0.25) is 0 Å². The molecule has 29 heavy (non-hydrogen) atoms. The Morgan fingerprint density at radius 1 is 1.17 bits per heavy atom. The summed E-state index contributed by atoms with van der Waals surface area (Å²) in [5.74, 6) is 1.63. The van der Waals surface area contributed by atoms with E-state index in [1.165, 1.54) is 18.4 Å². The van der Waals surface area contributed by atoms with E-state index >= 15 is 0 Å². The van der Waals surface area contributed by atoms with Gasteiger partial charge in [0.2, 0.25) is 0 Å². The largest absolute Gasteiger partial charge is 0.357 e. The summed E-state index contributed by atoms with van der Waals surface area (Å²) in [6, 6.07) is 6.98. The predicted octanol–water partition coefficient (Wildman–Crippen LogP) is 3.66. The lowest BCUT2D eigenvalue weighted by Crippen LogP contribution is -2.40. The number of hydrogen-bond donors (Lipinski definition) is 2. The summed E-state index contributed by atoms with van der Waals surface area (Å²) in [7, 11) is 0. The third kappa shape index (κ3) is 6.13. The molecule has 0 amide bonds. The number of hydrogen-bond acceptors (Lipinski definition) is 3. The second-order valence-electron chi connectivity index (χ2n) is 7.41. The summed E-state index contributed by atoms with van der Waals surface area (Å²) < 4.78 is 15.4. The molecule has 8 heteroatoms. The second kappa shape index (κ2) is 11.5. The molecule has 0 saturated heterocycles. The maximum atomic E-state index is 13.4. The predicted molar refractivity (Wildman–Crippen MR) is 125 cm³/mol. The molecular formula is C21H32FIN6. The van der Waals surface area contributed by atoms with Gasteiger partial charge in [0.1, 0.15) is 18.0 Å². The van der Waals surface area contributed by atoms with Crippen LogP contribution in [0.15, 0.2) is 35.6 Å². The Labute approximate surface area is 189 Å². The summed E-state index contributed by atoms with van der Waals surface area (Å²) in [6.07, 6.45) is 7.24. The van der Waals surface area contributed by atoms with Crippen molar-refractivity contribution in [1.29, 1.82) is 0 Å². The van der Waals surface area contributed by atoms with E-state index in [9.17, 15) is 4.39 Å². The average molecular weight is 514 g/mol. The zero-order chi connectivity index (χ0) is 19.8. The number of aryl methyl sites for hydroxylation is 1. The molecule has 1 aliphatic carbocycles. The summed E-state index contributed by atoms with van der Waals surface area (Å²) in [6.45, 7) is 7.21. The topological polar surface area (TPSA) is 67.1 Å². The SMILES string of the molecule is CCNC(=NCC1(c2ccc(F)cc2)CCCC1)NCCn1cnnc1CC.I. The van der Waals surface area contributed by atoms with Crippen LogP contribution >= 0.6 is 24.0 Å². The van der Waals surface area contributed by atoms with Gasteiger partial charge in [0, 0.05) is 31.5 Å². The molecule has 1 fully saturated rings. The quantitative estimate of drug-likeness (QED) is 0.321. The van der Waals surface area contributed by atoms with Crippen LogP contribution in [0.25, 0.3) is 0 Å². The molecule has 0 atom stereocenters. The molecule has 0 radical (unpaired) electrons.